The van der Waals surface area contributed by atoms with Gasteiger partial charge in [0.2, 0.25) is 11.8 Å². The highest BCUT2D eigenvalue weighted by atomic mass is 19.1. The number of amides is 2. The zero-order valence-corrected chi connectivity index (χ0v) is 14.6. The summed E-state index contributed by atoms with van der Waals surface area (Å²) in [7, 11) is 0. The van der Waals surface area contributed by atoms with Crippen molar-refractivity contribution in [1.29, 1.82) is 0 Å². The normalized spacial score (nSPS) is 15.8. The van der Waals surface area contributed by atoms with E-state index < -0.39 is 0 Å². The molecule has 5 nitrogen and oxygen atoms in total. The minimum Gasteiger partial charge on any atom is -0.487 e. The summed E-state index contributed by atoms with van der Waals surface area (Å²) in [6.45, 7) is 2.46. The Hall–Kier alpha value is -2.89. The van der Waals surface area contributed by atoms with E-state index in [0.29, 0.717) is 17.9 Å². The maximum absolute atomic E-state index is 13.6. The molecule has 1 atom stereocenters. The molecule has 1 unspecified atom stereocenters. The number of nitrogens with zero attached hydrogens (tertiary/aromatic N) is 1. The number of carbonyl (C=O) groups is 2. The maximum Gasteiger partial charge on any atom is 0.227 e. The van der Waals surface area contributed by atoms with Crippen LogP contribution in [0.15, 0.2) is 48.5 Å². The molecule has 2 amide bonds. The molecular formula is C20H21FN2O3. The van der Waals surface area contributed by atoms with Gasteiger partial charge in [0.05, 0.1) is 12.2 Å². The van der Waals surface area contributed by atoms with Gasteiger partial charge in [0.1, 0.15) is 17.7 Å². The lowest BCUT2D eigenvalue weighted by Crippen LogP contribution is -2.42. The van der Waals surface area contributed by atoms with Crippen LogP contribution in [0, 0.1) is 5.82 Å². The van der Waals surface area contributed by atoms with E-state index in [9.17, 15) is 14.0 Å². The van der Waals surface area contributed by atoms with Crippen molar-refractivity contribution in [1.82, 2.24) is 5.32 Å². The van der Waals surface area contributed by atoms with Crippen molar-refractivity contribution in [3.05, 3.63) is 59.9 Å². The predicted octanol–water partition coefficient (Wildman–Crippen LogP) is 3.04. The molecule has 1 N–H and O–H groups in total. The van der Waals surface area contributed by atoms with Crippen LogP contribution >= 0.6 is 0 Å². The van der Waals surface area contributed by atoms with Crippen LogP contribution < -0.4 is 15.0 Å². The topological polar surface area (TPSA) is 58.6 Å². The number of nitrogens with one attached hydrogen (secondary N) is 1. The van der Waals surface area contributed by atoms with Gasteiger partial charge in [0.25, 0.3) is 0 Å². The Morgan fingerprint density at radius 1 is 1.15 bits per heavy atom. The number of ether oxygens (including phenoxy) is 1. The second kappa shape index (κ2) is 7.99. The number of benzene rings is 2. The average molecular weight is 356 g/mol. The van der Waals surface area contributed by atoms with Gasteiger partial charge in [-0.15, -0.1) is 0 Å². The lowest BCUT2D eigenvalue weighted by atomic mass is 10.1. The number of hydrogen-bond donors (Lipinski definition) is 1. The third-order valence-corrected chi connectivity index (χ3v) is 4.22. The molecule has 6 heteroatoms. The van der Waals surface area contributed by atoms with Crippen molar-refractivity contribution >= 4 is 17.5 Å². The van der Waals surface area contributed by atoms with Gasteiger partial charge < -0.3 is 15.0 Å². The highest BCUT2D eigenvalue weighted by Crippen LogP contribution is 2.33. The number of fused-ring (bicyclic) bond motifs is 1. The molecule has 136 valence electrons. The first-order valence-corrected chi connectivity index (χ1v) is 8.61. The largest absolute Gasteiger partial charge is 0.487 e. The Morgan fingerprint density at radius 2 is 1.88 bits per heavy atom. The Bertz CT molecular complexity index is 809. The van der Waals surface area contributed by atoms with Gasteiger partial charge in [-0.1, -0.05) is 30.3 Å². The molecule has 3 rings (SSSR count). The Kier molecular flexibility index (Phi) is 5.51. The summed E-state index contributed by atoms with van der Waals surface area (Å²) in [6.07, 6.45) is 0.0365. The van der Waals surface area contributed by atoms with Crippen LogP contribution in [0.2, 0.25) is 0 Å². The number of halogens is 1. The summed E-state index contributed by atoms with van der Waals surface area (Å²) in [6, 6.07) is 13.6. The fourth-order valence-electron chi connectivity index (χ4n) is 2.90. The fourth-order valence-corrected chi connectivity index (χ4v) is 2.90. The van der Waals surface area contributed by atoms with Gasteiger partial charge in [-0.3, -0.25) is 9.59 Å². The highest BCUT2D eigenvalue weighted by molar-refractivity contribution is 5.97. The molecule has 0 aromatic heterocycles. The standard InChI is InChI=1S/C20H21FN2O3/c1-14-13-23(17-8-4-5-9-18(17)26-14)20(25)11-10-19(24)22-12-15-6-2-3-7-16(15)21/h2-9,14H,10-13H2,1H3,(H,22,24). The molecule has 1 aliphatic heterocycles. The quantitative estimate of drug-likeness (QED) is 0.896. The van der Waals surface area contributed by atoms with Crippen LogP contribution in [0.25, 0.3) is 0 Å². The lowest BCUT2D eigenvalue weighted by molar-refractivity contribution is -0.125. The first-order valence-electron chi connectivity index (χ1n) is 8.61. The van der Waals surface area contributed by atoms with Gasteiger partial charge in [-0.05, 0) is 25.1 Å². The van der Waals surface area contributed by atoms with Crippen molar-refractivity contribution in [2.24, 2.45) is 0 Å². The third kappa shape index (κ3) is 4.20. The second-order valence-electron chi connectivity index (χ2n) is 6.27. The number of rotatable bonds is 5. The van der Waals surface area contributed by atoms with Gasteiger partial charge in [-0.2, -0.15) is 0 Å². The van der Waals surface area contributed by atoms with E-state index in [-0.39, 0.29) is 43.1 Å². The molecule has 0 saturated heterocycles. The van der Waals surface area contributed by atoms with Crippen LogP contribution in [0.4, 0.5) is 10.1 Å². The van der Waals surface area contributed by atoms with E-state index in [1.54, 1.807) is 23.1 Å². The summed E-state index contributed by atoms with van der Waals surface area (Å²) >= 11 is 0. The molecule has 26 heavy (non-hydrogen) atoms. The van der Waals surface area contributed by atoms with Crippen molar-refractivity contribution < 1.29 is 18.7 Å². The first kappa shape index (κ1) is 17.9. The van der Waals surface area contributed by atoms with Crippen LogP contribution in [0.5, 0.6) is 5.75 Å². The van der Waals surface area contributed by atoms with E-state index in [0.717, 1.165) is 5.69 Å². The lowest BCUT2D eigenvalue weighted by Gasteiger charge is -2.33. The van der Waals surface area contributed by atoms with E-state index in [2.05, 4.69) is 5.32 Å². The predicted molar refractivity (Wildman–Crippen MR) is 96.4 cm³/mol. The molecule has 1 heterocycles. The van der Waals surface area contributed by atoms with Crippen LogP contribution in [0.3, 0.4) is 0 Å². The van der Waals surface area contributed by atoms with Gasteiger partial charge in [0.15, 0.2) is 0 Å². The SMILES string of the molecule is CC1CN(C(=O)CCC(=O)NCc2ccccc2F)c2ccccc2O1. The van der Waals surface area contributed by atoms with Crippen LogP contribution in [0.1, 0.15) is 25.3 Å². The molecule has 0 aliphatic carbocycles. The molecule has 0 spiro atoms. The molecule has 0 bridgehead atoms. The molecule has 2 aromatic carbocycles. The number of hydrogen-bond acceptors (Lipinski definition) is 3. The summed E-state index contributed by atoms with van der Waals surface area (Å²) in [5.74, 6) is -0.101. The number of carbonyl (C=O) groups excluding carboxylic acids is 2. The van der Waals surface area contributed by atoms with Crippen molar-refractivity contribution in [3.8, 4) is 5.75 Å². The minimum atomic E-state index is -0.359. The van der Waals surface area contributed by atoms with Gasteiger partial charge in [-0.25, -0.2) is 4.39 Å². The van der Waals surface area contributed by atoms with Crippen LogP contribution in [-0.4, -0.2) is 24.5 Å². The molecule has 0 fully saturated rings. The molecule has 0 saturated carbocycles. The Morgan fingerprint density at radius 3 is 2.69 bits per heavy atom. The van der Waals surface area contributed by atoms with Gasteiger partial charge >= 0.3 is 0 Å². The van der Waals surface area contributed by atoms with E-state index in [1.807, 2.05) is 31.2 Å². The monoisotopic (exact) mass is 356 g/mol. The zero-order chi connectivity index (χ0) is 18.5. The van der Waals surface area contributed by atoms with Crippen molar-refractivity contribution in [3.63, 3.8) is 0 Å². The van der Waals surface area contributed by atoms with Gasteiger partial charge in [0, 0.05) is 24.9 Å². The first-order chi connectivity index (χ1) is 12.5. The Labute approximate surface area is 151 Å². The Balaban J connectivity index is 1.54. The zero-order valence-electron chi connectivity index (χ0n) is 14.6. The third-order valence-electron chi connectivity index (χ3n) is 4.22. The highest BCUT2D eigenvalue weighted by Gasteiger charge is 2.27. The molecule has 2 aromatic rings. The van der Waals surface area contributed by atoms with E-state index in [1.165, 1.54) is 6.07 Å². The maximum atomic E-state index is 13.6. The second-order valence-corrected chi connectivity index (χ2v) is 6.27. The van der Waals surface area contributed by atoms with E-state index >= 15 is 0 Å². The van der Waals surface area contributed by atoms with Crippen molar-refractivity contribution in [2.45, 2.75) is 32.4 Å². The summed E-state index contributed by atoms with van der Waals surface area (Å²) in [5.41, 5.74) is 1.14. The van der Waals surface area contributed by atoms with Crippen LogP contribution in [-0.2, 0) is 16.1 Å². The number of para-hydroxylation sites is 2. The number of anilines is 1. The van der Waals surface area contributed by atoms with Crippen molar-refractivity contribution in [2.75, 3.05) is 11.4 Å². The fraction of sp³-hybridized carbons (Fsp3) is 0.300. The minimum absolute atomic E-state index is 0.0567. The molecule has 1 aliphatic rings. The smallest absolute Gasteiger partial charge is 0.227 e. The summed E-state index contributed by atoms with van der Waals surface area (Å²) in [4.78, 5) is 26.2. The summed E-state index contributed by atoms with van der Waals surface area (Å²) in [5, 5.41) is 2.65. The average Bonchev–Trinajstić information content (AvgIpc) is 2.64. The molecule has 0 radical (unpaired) electrons. The summed E-state index contributed by atoms with van der Waals surface area (Å²) < 4.78 is 19.3. The van der Waals surface area contributed by atoms with E-state index in [4.69, 9.17) is 4.74 Å². The molecular weight excluding hydrogens is 335 g/mol.